The molecule has 2 aromatic carbocycles. The largest absolute Gasteiger partial charge is 0.507 e. The normalized spacial score (nSPS) is 12.6. The summed E-state index contributed by atoms with van der Waals surface area (Å²) in [6.45, 7) is 7.14. The molecule has 0 fully saturated rings. The van der Waals surface area contributed by atoms with Crippen LogP contribution in [0.3, 0.4) is 0 Å². The number of amides is 2. The van der Waals surface area contributed by atoms with E-state index < -0.39 is 17.6 Å². The van der Waals surface area contributed by atoms with E-state index in [4.69, 9.17) is 9.15 Å². The lowest BCUT2D eigenvalue weighted by Gasteiger charge is -2.19. The van der Waals surface area contributed by atoms with E-state index >= 15 is 0 Å². The molecule has 0 unspecified atom stereocenters. The van der Waals surface area contributed by atoms with Crippen LogP contribution in [-0.2, 0) is 19.6 Å². The van der Waals surface area contributed by atoms with Crippen LogP contribution < -0.4 is 4.74 Å². The van der Waals surface area contributed by atoms with E-state index in [1.807, 2.05) is 32.2 Å². The van der Waals surface area contributed by atoms with Crippen molar-refractivity contribution in [2.24, 2.45) is 0 Å². The zero-order valence-electron chi connectivity index (χ0n) is 21.7. The van der Waals surface area contributed by atoms with Gasteiger partial charge in [0.05, 0.1) is 17.7 Å². The SMILES string of the molecule is CCN(C)CCOc1ccc2c(c1)CN(C(=O)c1cc(C(=O)N(C)Cc3ccc(C)o3)c(O)cc1O)C2. The van der Waals surface area contributed by atoms with Crippen molar-refractivity contribution in [2.45, 2.75) is 33.5 Å². The maximum absolute atomic E-state index is 13.4. The third kappa shape index (κ3) is 5.89. The number of phenols is 2. The first-order chi connectivity index (χ1) is 17.7. The fourth-order valence-electron chi connectivity index (χ4n) is 4.25. The van der Waals surface area contributed by atoms with E-state index in [2.05, 4.69) is 11.8 Å². The molecule has 0 atom stereocenters. The van der Waals surface area contributed by atoms with Gasteiger partial charge >= 0.3 is 0 Å². The van der Waals surface area contributed by atoms with Gasteiger partial charge in [0.15, 0.2) is 0 Å². The monoisotopic (exact) mass is 507 g/mol. The maximum Gasteiger partial charge on any atom is 0.258 e. The number of ether oxygens (including phenoxy) is 1. The summed E-state index contributed by atoms with van der Waals surface area (Å²) < 4.78 is 11.4. The Morgan fingerprint density at radius 2 is 1.73 bits per heavy atom. The second-order valence-corrected chi connectivity index (χ2v) is 9.40. The van der Waals surface area contributed by atoms with Crippen molar-refractivity contribution in [1.29, 1.82) is 0 Å². The number of carbonyl (C=O) groups excluding carboxylic acids is 2. The lowest BCUT2D eigenvalue weighted by atomic mass is 10.1. The van der Waals surface area contributed by atoms with Crippen LogP contribution in [0.4, 0.5) is 0 Å². The fourth-order valence-corrected chi connectivity index (χ4v) is 4.25. The molecule has 4 rings (SSSR count). The van der Waals surface area contributed by atoms with Crippen LogP contribution in [0, 0.1) is 6.92 Å². The molecule has 0 aliphatic carbocycles. The van der Waals surface area contributed by atoms with E-state index in [-0.39, 0.29) is 23.4 Å². The van der Waals surface area contributed by atoms with Gasteiger partial charge in [-0.15, -0.1) is 0 Å². The molecule has 1 aliphatic rings. The number of benzene rings is 2. The number of aromatic hydroxyl groups is 2. The molecule has 2 heterocycles. The van der Waals surface area contributed by atoms with Crippen molar-refractivity contribution >= 4 is 11.8 Å². The van der Waals surface area contributed by atoms with Crippen molar-refractivity contribution in [2.75, 3.05) is 33.8 Å². The van der Waals surface area contributed by atoms with Crippen molar-refractivity contribution < 1.29 is 29.0 Å². The third-order valence-electron chi connectivity index (χ3n) is 6.58. The molecule has 0 saturated carbocycles. The van der Waals surface area contributed by atoms with Crippen LogP contribution in [-0.4, -0.2) is 70.5 Å². The molecule has 1 aliphatic heterocycles. The number of nitrogens with zero attached hydrogens (tertiary/aromatic N) is 3. The number of carbonyl (C=O) groups is 2. The average Bonchev–Trinajstić information content (AvgIpc) is 3.48. The molecule has 37 heavy (non-hydrogen) atoms. The first-order valence-electron chi connectivity index (χ1n) is 12.3. The number of phenolic OH excluding ortho intramolecular Hbond substituents is 2. The second-order valence-electron chi connectivity index (χ2n) is 9.40. The lowest BCUT2D eigenvalue weighted by Crippen LogP contribution is -2.28. The number of fused-ring (bicyclic) bond motifs is 1. The van der Waals surface area contributed by atoms with E-state index in [0.29, 0.717) is 25.5 Å². The number of furan rings is 1. The molecule has 196 valence electrons. The second kappa shape index (κ2) is 11.0. The molecular weight excluding hydrogens is 474 g/mol. The van der Waals surface area contributed by atoms with Gasteiger partial charge in [-0.1, -0.05) is 13.0 Å². The van der Waals surface area contributed by atoms with Crippen LogP contribution in [0.5, 0.6) is 17.2 Å². The molecule has 3 aromatic rings. The zero-order chi connectivity index (χ0) is 26.7. The lowest BCUT2D eigenvalue weighted by molar-refractivity contribution is 0.0748. The Hall–Kier alpha value is -3.98. The summed E-state index contributed by atoms with van der Waals surface area (Å²) in [5, 5.41) is 20.8. The Bertz CT molecular complexity index is 1300. The van der Waals surface area contributed by atoms with Gasteiger partial charge in [-0.2, -0.15) is 0 Å². The summed E-state index contributed by atoms with van der Waals surface area (Å²) in [6.07, 6.45) is 0. The Balaban J connectivity index is 1.47. The predicted molar refractivity (Wildman–Crippen MR) is 138 cm³/mol. The summed E-state index contributed by atoms with van der Waals surface area (Å²) in [5.41, 5.74) is 1.85. The standard InChI is InChI=1S/C28H33N3O6/c1-5-29(3)10-11-36-21-9-7-19-15-31(16-20(19)12-21)28(35)24-13-23(25(32)14-26(24)33)27(34)30(4)17-22-8-6-18(2)37-22/h6-9,12-14,32-33H,5,10-11,15-17H2,1-4H3. The highest BCUT2D eigenvalue weighted by molar-refractivity contribution is 6.03. The molecule has 9 heteroatoms. The highest BCUT2D eigenvalue weighted by Crippen LogP contribution is 2.33. The van der Waals surface area contributed by atoms with Crippen LogP contribution >= 0.6 is 0 Å². The van der Waals surface area contributed by atoms with Gasteiger partial charge in [-0.25, -0.2) is 0 Å². The minimum atomic E-state index is -0.499. The van der Waals surface area contributed by atoms with Crippen LogP contribution in [0.1, 0.15) is 50.3 Å². The molecule has 0 bridgehead atoms. The molecule has 2 amide bonds. The van der Waals surface area contributed by atoms with Crippen LogP contribution in [0.25, 0.3) is 0 Å². The summed E-state index contributed by atoms with van der Waals surface area (Å²) in [5.74, 6) is 0.349. The molecule has 0 saturated heterocycles. The first kappa shape index (κ1) is 26.1. The minimum Gasteiger partial charge on any atom is -0.507 e. The number of rotatable bonds is 9. The van der Waals surface area contributed by atoms with Gasteiger partial charge in [0.25, 0.3) is 11.8 Å². The van der Waals surface area contributed by atoms with E-state index in [9.17, 15) is 19.8 Å². The van der Waals surface area contributed by atoms with E-state index in [0.717, 1.165) is 41.8 Å². The van der Waals surface area contributed by atoms with Gasteiger partial charge in [-0.3, -0.25) is 9.59 Å². The number of aryl methyl sites for hydroxylation is 1. The third-order valence-corrected chi connectivity index (χ3v) is 6.58. The van der Waals surface area contributed by atoms with Crippen molar-refractivity contribution in [3.8, 4) is 17.2 Å². The zero-order valence-corrected chi connectivity index (χ0v) is 21.7. The Morgan fingerprint density at radius 1 is 1.00 bits per heavy atom. The average molecular weight is 508 g/mol. The van der Waals surface area contributed by atoms with Gasteiger partial charge < -0.3 is 34.1 Å². The number of hydrogen-bond donors (Lipinski definition) is 2. The van der Waals surface area contributed by atoms with Crippen LogP contribution in [0.15, 0.2) is 46.9 Å². The summed E-state index contributed by atoms with van der Waals surface area (Å²) in [6, 6.07) is 11.6. The Morgan fingerprint density at radius 3 is 2.43 bits per heavy atom. The van der Waals surface area contributed by atoms with E-state index in [1.54, 1.807) is 24.1 Å². The van der Waals surface area contributed by atoms with Crippen molar-refractivity contribution in [1.82, 2.24) is 14.7 Å². The van der Waals surface area contributed by atoms with Crippen LogP contribution in [0.2, 0.25) is 0 Å². The quantitative estimate of drug-likeness (QED) is 0.454. The topological polar surface area (TPSA) is 107 Å². The van der Waals surface area contributed by atoms with E-state index in [1.165, 1.54) is 11.0 Å². The highest BCUT2D eigenvalue weighted by Gasteiger charge is 2.29. The first-order valence-corrected chi connectivity index (χ1v) is 12.3. The Kier molecular flexibility index (Phi) is 7.73. The predicted octanol–water partition coefficient (Wildman–Crippen LogP) is 3.76. The van der Waals surface area contributed by atoms with Crippen molar-refractivity contribution in [3.63, 3.8) is 0 Å². The summed E-state index contributed by atoms with van der Waals surface area (Å²) in [7, 11) is 3.61. The smallest absolute Gasteiger partial charge is 0.258 e. The molecule has 0 radical (unpaired) electrons. The summed E-state index contributed by atoms with van der Waals surface area (Å²) >= 11 is 0. The van der Waals surface area contributed by atoms with Gasteiger partial charge in [0.1, 0.15) is 35.4 Å². The van der Waals surface area contributed by atoms with Crippen molar-refractivity contribution in [3.05, 3.63) is 76.2 Å². The Labute approximate surface area is 216 Å². The maximum atomic E-state index is 13.4. The molecule has 0 spiro atoms. The molecule has 9 nitrogen and oxygen atoms in total. The molecule has 2 N–H and O–H groups in total. The highest BCUT2D eigenvalue weighted by atomic mass is 16.5. The van der Waals surface area contributed by atoms with Gasteiger partial charge in [-0.05, 0) is 62.0 Å². The van der Waals surface area contributed by atoms with Gasteiger partial charge in [0, 0.05) is 32.7 Å². The molecular formula is C28H33N3O6. The minimum absolute atomic E-state index is 0.0460. The fraction of sp³-hybridized carbons (Fsp3) is 0.357. The molecule has 1 aromatic heterocycles. The number of hydrogen-bond acceptors (Lipinski definition) is 7. The summed E-state index contributed by atoms with van der Waals surface area (Å²) in [4.78, 5) is 31.5. The number of likely N-dealkylation sites (N-methyl/N-ethyl adjacent to an activating group) is 1. The van der Waals surface area contributed by atoms with Gasteiger partial charge in [0.2, 0.25) is 0 Å².